The number of aliphatic hydroxyl groups is 1. The number of nitrogens with one attached hydrogen (secondary N) is 1. The molecule has 2 amide bonds. The van der Waals surface area contributed by atoms with Gasteiger partial charge in [-0.2, -0.15) is 0 Å². The van der Waals surface area contributed by atoms with Crippen molar-refractivity contribution < 1.29 is 24.2 Å². The molecule has 128 valence electrons. The van der Waals surface area contributed by atoms with Crippen LogP contribution in [0.15, 0.2) is 30.9 Å². The molecular formula is C17H20N2O5. The van der Waals surface area contributed by atoms with Crippen LogP contribution in [0.4, 0.5) is 5.69 Å². The largest absolute Gasteiger partial charge is 0.486 e. The Morgan fingerprint density at radius 1 is 1.42 bits per heavy atom. The van der Waals surface area contributed by atoms with E-state index >= 15 is 0 Å². The fraction of sp³-hybridized carbons (Fsp3) is 0.412. The number of carbonyl (C=O) groups is 2. The number of benzene rings is 1. The standard InChI is InChI=1S/C17H20N2O5/c1-2-12(10-20)18-17(22)11-7-16(21)19(9-11)13-3-4-14-15(8-13)24-6-5-23-14/h2-4,8,11-12,20H,1,5-7,9-10H2,(H,18,22). The molecule has 2 aliphatic rings. The number of hydrogen-bond donors (Lipinski definition) is 2. The lowest BCUT2D eigenvalue weighted by Crippen LogP contribution is -2.40. The topological polar surface area (TPSA) is 88.1 Å². The number of hydrogen-bond acceptors (Lipinski definition) is 5. The molecule has 1 saturated heterocycles. The monoisotopic (exact) mass is 332 g/mol. The third-order valence-corrected chi connectivity index (χ3v) is 4.14. The third kappa shape index (κ3) is 3.21. The van der Waals surface area contributed by atoms with E-state index in [4.69, 9.17) is 14.6 Å². The first-order chi connectivity index (χ1) is 11.6. The van der Waals surface area contributed by atoms with E-state index in [-0.39, 0.29) is 24.8 Å². The molecule has 2 heterocycles. The summed E-state index contributed by atoms with van der Waals surface area (Å²) in [6.45, 7) is 4.60. The van der Waals surface area contributed by atoms with E-state index in [9.17, 15) is 9.59 Å². The Balaban J connectivity index is 1.71. The summed E-state index contributed by atoms with van der Waals surface area (Å²) in [6, 6.07) is 4.80. The molecule has 1 aromatic carbocycles. The molecule has 1 fully saturated rings. The van der Waals surface area contributed by atoms with Gasteiger partial charge in [0, 0.05) is 24.7 Å². The Labute approximate surface area is 139 Å². The smallest absolute Gasteiger partial charge is 0.227 e. The molecule has 2 unspecified atom stereocenters. The number of rotatable bonds is 5. The lowest BCUT2D eigenvalue weighted by Gasteiger charge is -2.22. The van der Waals surface area contributed by atoms with E-state index in [1.54, 1.807) is 23.1 Å². The van der Waals surface area contributed by atoms with Crippen LogP contribution in [0.25, 0.3) is 0 Å². The lowest BCUT2D eigenvalue weighted by molar-refractivity contribution is -0.126. The van der Waals surface area contributed by atoms with Gasteiger partial charge in [0.15, 0.2) is 11.5 Å². The van der Waals surface area contributed by atoms with Gasteiger partial charge in [0.25, 0.3) is 0 Å². The van der Waals surface area contributed by atoms with Crippen LogP contribution in [-0.2, 0) is 9.59 Å². The Morgan fingerprint density at radius 3 is 2.88 bits per heavy atom. The molecule has 3 rings (SSSR count). The lowest BCUT2D eigenvalue weighted by atomic mass is 10.1. The Hall–Kier alpha value is -2.54. The molecular weight excluding hydrogens is 312 g/mol. The molecule has 0 radical (unpaired) electrons. The summed E-state index contributed by atoms with van der Waals surface area (Å²) in [5.74, 6) is 0.419. The number of ether oxygens (including phenoxy) is 2. The van der Waals surface area contributed by atoms with Crippen molar-refractivity contribution in [2.24, 2.45) is 5.92 Å². The zero-order valence-electron chi connectivity index (χ0n) is 13.2. The van der Waals surface area contributed by atoms with Crippen LogP contribution in [0.5, 0.6) is 11.5 Å². The van der Waals surface area contributed by atoms with Gasteiger partial charge in [-0.05, 0) is 12.1 Å². The van der Waals surface area contributed by atoms with E-state index < -0.39 is 12.0 Å². The Morgan fingerprint density at radius 2 is 2.17 bits per heavy atom. The highest BCUT2D eigenvalue weighted by atomic mass is 16.6. The summed E-state index contributed by atoms with van der Waals surface area (Å²) < 4.78 is 11.0. The molecule has 0 aliphatic carbocycles. The molecule has 7 heteroatoms. The Kier molecular flexibility index (Phi) is 4.71. The maximum absolute atomic E-state index is 12.3. The van der Waals surface area contributed by atoms with Gasteiger partial charge in [-0.3, -0.25) is 9.59 Å². The quantitative estimate of drug-likeness (QED) is 0.766. The van der Waals surface area contributed by atoms with Crippen LogP contribution >= 0.6 is 0 Å². The van der Waals surface area contributed by atoms with Crippen LogP contribution in [0.3, 0.4) is 0 Å². The first kappa shape index (κ1) is 16.3. The highest BCUT2D eigenvalue weighted by molar-refractivity contribution is 6.00. The van der Waals surface area contributed by atoms with Gasteiger partial charge in [0.05, 0.1) is 18.6 Å². The van der Waals surface area contributed by atoms with E-state index in [2.05, 4.69) is 11.9 Å². The van der Waals surface area contributed by atoms with Gasteiger partial charge < -0.3 is 24.8 Å². The third-order valence-electron chi connectivity index (χ3n) is 4.14. The number of carbonyl (C=O) groups excluding carboxylic acids is 2. The zero-order chi connectivity index (χ0) is 17.1. The van der Waals surface area contributed by atoms with Crippen molar-refractivity contribution in [1.82, 2.24) is 5.32 Å². The maximum Gasteiger partial charge on any atom is 0.227 e. The highest BCUT2D eigenvalue weighted by Gasteiger charge is 2.36. The zero-order valence-corrected chi connectivity index (χ0v) is 13.2. The molecule has 0 spiro atoms. The molecule has 7 nitrogen and oxygen atoms in total. The molecule has 2 atom stereocenters. The van der Waals surface area contributed by atoms with Crippen LogP contribution < -0.4 is 19.7 Å². The van der Waals surface area contributed by atoms with Crippen molar-refractivity contribution in [2.45, 2.75) is 12.5 Å². The predicted molar refractivity (Wildman–Crippen MR) is 87.1 cm³/mol. The van der Waals surface area contributed by atoms with Gasteiger partial charge in [-0.1, -0.05) is 6.08 Å². The SMILES string of the molecule is C=CC(CO)NC(=O)C1CC(=O)N(c2ccc3c(c2)OCCO3)C1. The van der Waals surface area contributed by atoms with E-state index in [1.807, 2.05) is 0 Å². The minimum Gasteiger partial charge on any atom is -0.486 e. The molecule has 0 saturated carbocycles. The van der Waals surface area contributed by atoms with Gasteiger partial charge in [-0.15, -0.1) is 6.58 Å². The second kappa shape index (κ2) is 6.92. The number of nitrogens with zero attached hydrogens (tertiary/aromatic N) is 1. The molecule has 24 heavy (non-hydrogen) atoms. The summed E-state index contributed by atoms with van der Waals surface area (Å²) in [4.78, 5) is 26.1. The number of anilines is 1. The molecule has 1 aromatic rings. The van der Waals surface area contributed by atoms with Crippen molar-refractivity contribution in [2.75, 3.05) is 31.3 Å². The van der Waals surface area contributed by atoms with E-state index in [1.165, 1.54) is 6.08 Å². The molecule has 2 N–H and O–H groups in total. The van der Waals surface area contributed by atoms with Crippen molar-refractivity contribution in [1.29, 1.82) is 0 Å². The van der Waals surface area contributed by atoms with Crippen molar-refractivity contribution in [3.63, 3.8) is 0 Å². The average Bonchev–Trinajstić information content (AvgIpc) is 3.01. The molecule has 0 aromatic heterocycles. The number of fused-ring (bicyclic) bond motifs is 1. The van der Waals surface area contributed by atoms with Gasteiger partial charge in [0.1, 0.15) is 13.2 Å². The van der Waals surface area contributed by atoms with Crippen molar-refractivity contribution in [3.8, 4) is 11.5 Å². The van der Waals surface area contributed by atoms with E-state index in [0.29, 0.717) is 36.9 Å². The van der Waals surface area contributed by atoms with E-state index in [0.717, 1.165) is 0 Å². The van der Waals surface area contributed by atoms with Crippen LogP contribution in [0.1, 0.15) is 6.42 Å². The van der Waals surface area contributed by atoms with Gasteiger partial charge in [0.2, 0.25) is 11.8 Å². The minimum absolute atomic E-state index is 0.119. The van der Waals surface area contributed by atoms with Crippen molar-refractivity contribution in [3.05, 3.63) is 30.9 Å². The fourth-order valence-corrected chi connectivity index (χ4v) is 2.81. The predicted octanol–water partition coefficient (Wildman–Crippen LogP) is 0.474. The highest BCUT2D eigenvalue weighted by Crippen LogP contribution is 2.35. The fourth-order valence-electron chi connectivity index (χ4n) is 2.81. The number of aliphatic hydroxyl groups excluding tert-OH is 1. The summed E-state index contributed by atoms with van der Waals surface area (Å²) in [7, 11) is 0. The van der Waals surface area contributed by atoms with Crippen LogP contribution in [0.2, 0.25) is 0 Å². The minimum atomic E-state index is -0.504. The first-order valence-corrected chi connectivity index (χ1v) is 7.86. The normalized spacial score (nSPS) is 20.6. The summed E-state index contributed by atoms with van der Waals surface area (Å²) >= 11 is 0. The van der Waals surface area contributed by atoms with Crippen LogP contribution in [0, 0.1) is 5.92 Å². The second-order valence-electron chi connectivity index (χ2n) is 5.77. The van der Waals surface area contributed by atoms with Gasteiger partial charge in [-0.25, -0.2) is 0 Å². The van der Waals surface area contributed by atoms with Crippen molar-refractivity contribution >= 4 is 17.5 Å². The summed E-state index contributed by atoms with van der Waals surface area (Å²) in [6.07, 6.45) is 1.60. The molecule has 0 bridgehead atoms. The molecule has 2 aliphatic heterocycles. The second-order valence-corrected chi connectivity index (χ2v) is 5.77. The van der Waals surface area contributed by atoms with Gasteiger partial charge >= 0.3 is 0 Å². The Bertz CT molecular complexity index is 660. The summed E-state index contributed by atoms with van der Waals surface area (Å²) in [5, 5.41) is 11.8. The average molecular weight is 332 g/mol. The maximum atomic E-state index is 12.3. The number of amides is 2. The van der Waals surface area contributed by atoms with Crippen LogP contribution in [-0.4, -0.2) is 49.3 Å². The first-order valence-electron chi connectivity index (χ1n) is 7.86. The summed E-state index contributed by atoms with van der Waals surface area (Å²) in [5.41, 5.74) is 0.682.